The Labute approximate surface area is 168 Å². The van der Waals surface area contributed by atoms with E-state index in [4.69, 9.17) is 4.98 Å². The average molecular weight is 406 g/mol. The molecule has 3 heterocycles. The van der Waals surface area contributed by atoms with Crippen LogP contribution >= 0.6 is 23.1 Å². The van der Waals surface area contributed by atoms with Crippen molar-refractivity contribution in [2.75, 3.05) is 18.8 Å². The number of carbonyl (C=O) groups is 1. The second kappa shape index (κ2) is 8.35. The molecule has 0 N–H and O–H groups in total. The summed E-state index contributed by atoms with van der Waals surface area (Å²) in [6, 6.07) is 0. The van der Waals surface area contributed by atoms with E-state index in [1.165, 1.54) is 41.5 Å². The van der Waals surface area contributed by atoms with Gasteiger partial charge in [0.15, 0.2) is 5.16 Å². The highest BCUT2D eigenvalue weighted by atomic mass is 32.2. The quantitative estimate of drug-likeness (QED) is 0.440. The number of aryl methyl sites for hydroxylation is 2. The van der Waals surface area contributed by atoms with Gasteiger partial charge in [0, 0.05) is 24.5 Å². The first kappa shape index (κ1) is 19.0. The molecule has 27 heavy (non-hydrogen) atoms. The van der Waals surface area contributed by atoms with Crippen LogP contribution in [0.25, 0.3) is 10.2 Å². The van der Waals surface area contributed by atoms with E-state index in [0.29, 0.717) is 17.5 Å². The van der Waals surface area contributed by atoms with E-state index in [1.54, 1.807) is 15.9 Å². The lowest BCUT2D eigenvalue weighted by Crippen LogP contribution is -2.37. The standard InChI is InChI=1S/C20H27N3O2S2/c1-2-23-19(25)17-14-9-5-3-6-10-15(14)27-18(17)21-20(23)26-13-16(24)22-11-7-4-8-12-22/h2-13H2,1H3. The number of fused-ring (bicyclic) bond motifs is 3. The van der Waals surface area contributed by atoms with Crippen LogP contribution in [0.2, 0.25) is 0 Å². The van der Waals surface area contributed by atoms with Crippen LogP contribution in [0.3, 0.4) is 0 Å². The molecule has 0 aromatic carbocycles. The molecule has 2 aliphatic rings. The van der Waals surface area contributed by atoms with Crippen molar-refractivity contribution in [1.29, 1.82) is 0 Å². The summed E-state index contributed by atoms with van der Waals surface area (Å²) >= 11 is 3.11. The summed E-state index contributed by atoms with van der Waals surface area (Å²) in [5.41, 5.74) is 1.32. The number of thiophene rings is 1. The summed E-state index contributed by atoms with van der Waals surface area (Å²) < 4.78 is 1.76. The van der Waals surface area contributed by atoms with E-state index in [0.717, 1.165) is 55.4 Å². The number of carbonyl (C=O) groups excluding carboxylic acids is 1. The molecular formula is C20H27N3O2S2. The van der Waals surface area contributed by atoms with Crippen LogP contribution in [-0.4, -0.2) is 39.2 Å². The van der Waals surface area contributed by atoms with Crippen LogP contribution in [0.4, 0.5) is 0 Å². The Balaban J connectivity index is 1.62. The van der Waals surface area contributed by atoms with Crippen LogP contribution in [-0.2, 0) is 24.2 Å². The minimum Gasteiger partial charge on any atom is -0.342 e. The van der Waals surface area contributed by atoms with Crippen molar-refractivity contribution in [2.24, 2.45) is 0 Å². The Bertz CT molecular complexity index is 897. The minimum atomic E-state index is 0.0785. The molecule has 2 aromatic heterocycles. The number of hydrogen-bond acceptors (Lipinski definition) is 5. The summed E-state index contributed by atoms with van der Waals surface area (Å²) in [6.45, 7) is 4.30. The molecule has 0 atom stereocenters. The predicted molar refractivity (Wildman–Crippen MR) is 112 cm³/mol. The maximum Gasteiger partial charge on any atom is 0.263 e. The van der Waals surface area contributed by atoms with Gasteiger partial charge in [-0.05, 0) is 57.4 Å². The Hall–Kier alpha value is -1.34. The molecule has 0 spiro atoms. The molecule has 5 nitrogen and oxygen atoms in total. The van der Waals surface area contributed by atoms with Crippen LogP contribution in [0.5, 0.6) is 0 Å². The number of nitrogens with zero attached hydrogens (tertiary/aromatic N) is 3. The lowest BCUT2D eigenvalue weighted by atomic mass is 10.1. The van der Waals surface area contributed by atoms with Crippen molar-refractivity contribution in [3.63, 3.8) is 0 Å². The Kier molecular flexibility index (Phi) is 5.88. The fourth-order valence-corrected chi connectivity index (χ4v) is 6.41. The van der Waals surface area contributed by atoms with Gasteiger partial charge < -0.3 is 4.90 Å². The number of amides is 1. The summed E-state index contributed by atoms with van der Waals surface area (Å²) in [5.74, 6) is 0.530. The van der Waals surface area contributed by atoms with Gasteiger partial charge in [-0.1, -0.05) is 18.2 Å². The highest BCUT2D eigenvalue weighted by Gasteiger charge is 2.22. The van der Waals surface area contributed by atoms with E-state index >= 15 is 0 Å². The molecule has 1 aliphatic carbocycles. The smallest absolute Gasteiger partial charge is 0.263 e. The SMILES string of the molecule is CCn1c(SCC(=O)N2CCCCC2)nc2sc3c(c2c1=O)CCCCC3. The van der Waals surface area contributed by atoms with Gasteiger partial charge in [-0.25, -0.2) is 4.98 Å². The van der Waals surface area contributed by atoms with Crippen LogP contribution < -0.4 is 5.56 Å². The molecule has 4 rings (SSSR count). The zero-order valence-electron chi connectivity index (χ0n) is 16.0. The lowest BCUT2D eigenvalue weighted by molar-refractivity contribution is -0.129. The number of rotatable bonds is 4. The average Bonchev–Trinajstić information content (AvgIpc) is 2.88. The second-order valence-electron chi connectivity index (χ2n) is 7.42. The van der Waals surface area contributed by atoms with E-state index < -0.39 is 0 Å². The molecule has 0 bridgehead atoms. The maximum absolute atomic E-state index is 13.2. The van der Waals surface area contributed by atoms with E-state index in [9.17, 15) is 9.59 Å². The zero-order chi connectivity index (χ0) is 18.8. The van der Waals surface area contributed by atoms with Crippen molar-refractivity contribution < 1.29 is 4.79 Å². The number of likely N-dealkylation sites (tertiary alicyclic amines) is 1. The van der Waals surface area contributed by atoms with E-state index in [-0.39, 0.29) is 11.5 Å². The number of thioether (sulfide) groups is 1. The molecule has 1 amide bonds. The van der Waals surface area contributed by atoms with Gasteiger partial charge in [0.25, 0.3) is 5.56 Å². The van der Waals surface area contributed by atoms with Crippen molar-refractivity contribution >= 4 is 39.2 Å². The largest absolute Gasteiger partial charge is 0.342 e. The first-order valence-electron chi connectivity index (χ1n) is 10.1. The normalized spacial score (nSPS) is 17.7. The molecule has 0 saturated carbocycles. The van der Waals surface area contributed by atoms with Gasteiger partial charge in [-0.3, -0.25) is 14.2 Å². The van der Waals surface area contributed by atoms with E-state index in [1.807, 2.05) is 11.8 Å². The maximum atomic E-state index is 13.2. The highest BCUT2D eigenvalue weighted by molar-refractivity contribution is 7.99. The Morgan fingerprint density at radius 3 is 2.63 bits per heavy atom. The van der Waals surface area contributed by atoms with Crippen molar-refractivity contribution in [3.8, 4) is 0 Å². The molecule has 1 saturated heterocycles. The van der Waals surface area contributed by atoms with Crippen LogP contribution in [0.1, 0.15) is 55.9 Å². The number of piperidine rings is 1. The zero-order valence-corrected chi connectivity index (χ0v) is 17.6. The van der Waals surface area contributed by atoms with Gasteiger partial charge in [0.1, 0.15) is 4.83 Å². The van der Waals surface area contributed by atoms with Crippen LogP contribution in [0, 0.1) is 0 Å². The molecular weight excluding hydrogens is 378 g/mol. The molecule has 1 aliphatic heterocycles. The molecule has 2 aromatic rings. The van der Waals surface area contributed by atoms with Gasteiger partial charge in [0.2, 0.25) is 5.91 Å². The topological polar surface area (TPSA) is 55.2 Å². The van der Waals surface area contributed by atoms with Gasteiger partial charge in [-0.15, -0.1) is 11.3 Å². The second-order valence-corrected chi connectivity index (χ2v) is 9.44. The van der Waals surface area contributed by atoms with Gasteiger partial charge >= 0.3 is 0 Å². The highest BCUT2D eigenvalue weighted by Crippen LogP contribution is 2.34. The molecule has 7 heteroatoms. The molecule has 0 unspecified atom stereocenters. The third-order valence-corrected chi connectivity index (χ3v) is 7.79. The fourth-order valence-electron chi connectivity index (χ4n) is 4.15. The fraction of sp³-hybridized carbons (Fsp3) is 0.650. The third kappa shape index (κ3) is 3.81. The lowest BCUT2D eigenvalue weighted by Gasteiger charge is -2.26. The predicted octanol–water partition coefficient (Wildman–Crippen LogP) is 3.85. The summed E-state index contributed by atoms with van der Waals surface area (Å²) in [7, 11) is 0. The first-order chi connectivity index (χ1) is 13.2. The molecule has 0 radical (unpaired) electrons. The third-order valence-electron chi connectivity index (χ3n) is 5.64. The van der Waals surface area contributed by atoms with Crippen molar-refractivity contribution in [2.45, 2.75) is 70.0 Å². The van der Waals surface area contributed by atoms with E-state index in [2.05, 4.69) is 0 Å². The molecule has 1 fully saturated rings. The van der Waals surface area contributed by atoms with Crippen LogP contribution in [0.15, 0.2) is 9.95 Å². The van der Waals surface area contributed by atoms with Gasteiger partial charge in [0.05, 0.1) is 11.1 Å². The number of aromatic nitrogens is 2. The summed E-state index contributed by atoms with van der Waals surface area (Å²) in [5, 5.41) is 1.53. The van der Waals surface area contributed by atoms with Crippen molar-refractivity contribution in [1.82, 2.24) is 14.5 Å². The monoisotopic (exact) mass is 405 g/mol. The van der Waals surface area contributed by atoms with Gasteiger partial charge in [-0.2, -0.15) is 0 Å². The first-order valence-corrected chi connectivity index (χ1v) is 11.9. The number of hydrogen-bond donors (Lipinski definition) is 0. The molecule has 146 valence electrons. The van der Waals surface area contributed by atoms with Crippen molar-refractivity contribution in [3.05, 3.63) is 20.8 Å². The Morgan fingerprint density at radius 1 is 1.11 bits per heavy atom. The Morgan fingerprint density at radius 2 is 1.85 bits per heavy atom. The summed E-state index contributed by atoms with van der Waals surface area (Å²) in [6.07, 6.45) is 9.08. The summed E-state index contributed by atoms with van der Waals surface area (Å²) in [4.78, 5) is 34.7. The minimum absolute atomic E-state index is 0.0785.